The van der Waals surface area contributed by atoms with Crippen LogP contribution in [0.25, 0.3) is 38.6 Å². The van der Waals surface area contributed by atoms with E-state index in [2.05, 4.69) is 31.9 Å². The van der Waals surface area contributed by atoms with E-state index in [0.29, 0.717) is 16.8 Å². The van der Waals surface area contributed by atoms with Crippen LogP contribution in [-0.4, -0.2) is 35.2 Å². The Bertz CT molecular complexity index is 1820. The summed E-state index contributed by atoms with van der Waals surface area (Å²) in [7, 11) is 0. The van der Waals surface area contributed by atoms with Crippen LogP contribution in [-0.2, 0) is 0 Å². The molecule has 0 amide bonds. The van der Waals surface area contributed by atoms with E-state index in [1.54, 1.807) is 18.6 Å². The summed E-state index contributed by atoms with van der Waals surface area (Å²) in [6.07, 6.45) is 5.27. The molecular weight excluding hydrogens is 638 g/mol. The van der Waals surface area contributed by atoms with E-state index in [0.717, 1.165) is 44.3 Å². The number of aromatic nitrogens is 3. The Kier molecular flexibility index (Phi) is 8.01. The molecule has 3 aromatic carbocycles. The zero-order chi connectivity index (χ0) is 29.6. The number of pyridine rings is 3. The van der Waals surface area contributed by atoms with Crippen LogP contribution in [0, 0.1) is 29.2 Å². The van der Waals surface area contributed by atoms with Gasteiger partial charge in [0.25, 0.3) is 0 Å². The normalized spacial score (nSPS) is 10.5. The van der Waals surface area contributed by atoms with Crippen molar-refractivity contribution in [2.45, 2.75) is 0 Å². The molecule has 6 rings (SSSR count). The van der Waals surface area contributed by atoms with Crippen molar-refractivity contribution in [1.29, 1.82) is 10.5 Å². The van der Waals surface area contributed by atoms with E-state index >= 15 is 0 Å². The van der Waals surface area contributed by atoms with Gasteiger partial charge in [0.2, 0.25) is 0 Å². The van der Waals surface area contributed by atoms with Gasteiger partial charge in [0.1, 0.15) is 0 Å². The van der Waals surface area contributed by atoms with Crippen LogP contribution in [0.15, 0.2) is 128 Å². The Balaban J connectivity index is 1.77. The Morgan fingerprint density at radius 2 is 0.953 bits per heavy atom. The maximum atomic E-state index is 10.0. The number of benzene rings is 3. The van der Waals surface area contributed by atoms with Crippen LogP contribution in [0.2, 0.25) is 0 Å². The number of nitrogens with zero attached hydrogens (tertiary/aromatic N) is 6. The fourth-order valence-corrected chi connectivity index (χ4v) is 13.1. The molecule has 0 unspecified atom stereocenters. The average molecular weight is 659 g/mol. The molecule has 0 aliphatic heterocycles. The fourth-order valence-electron chi connectivity index (χ4n) is 4.95. The van der Waals surface area contributed by atoms with Crippen molar-refractivity contribution in [3.05, 3.63) is 150 Å². The monoisotopic (exact) mass is 658 g/mol. The van der Waals surface area contributed by atoms with E-state index in [1.165, 1.54) is 0 Å². The van der Waals surface area contributed by atoms with Crippen molar-refractivity contribution in [1.82, 2.24) is 15.0 Å². The third kappa shape index (κ3) is 5.64. The Labute approximate surface area is 257 Å². The first-order valence-corrected chi connectivity index (χ1v) is 17.2. The molecule has 0 radical (unpaired) electrons. The van der Waals surface area contributed by atoms with Gasteiger partial charge in [-0.25, -0.2) is 0 Å². The second-order valence-corrected chi connectivity index (χ2v) is 15.5. The Morgan fingerprint density at radius 3 is 1.33 bits per heavy atom. The standard InChI is InChI=1S/3C12H7N2.Sb/c1-13-11-7-5-10(6-8-11)12-4-2-3-9-14-12;2*13-9-10-4-6-11(7-5-10)12-3-1-2-8-14-12;/h2-5,7-9H;2*1-6,8H;. The maximum absolute atomic E-state index is 10.0. The molecule has 0 atom stereocenters. The van der Waals surface area contributed by atoms with E-state index in [4.69, 9.17) is 6.57 Å². The number of rotatable bonds is 6. The molecule has 3 aromatic heterocycles. The predicted octanol–water partition coefficient (Wildman–Crippen LogP) is 5.68. The van der Waals surface area contributed by atoms with Crippen molar-refractivity contribution in [3.63, 3.8) is 0 Å². The Hall–Kier alpha value is -5.60. The van der Waals surface area contributed by atoms with E-state index in [9.17, 15) is 10.5 Å². The molecule has 6 nitrogen and oxygen atoms in total. The van der Waals surface area contributed by atoms with Crippen LogP contribution in [0.3, 0.4) is 0 Å². The van der Waals surface area contributed by atoms with E-state index in [-0.39, 0.29) is 0 Å². The summed E-state index contributed by atoms with van der Waals surface area (Å²) < 4.78 is 2.98. The van der Waals surface area contributed by atoms with Gasteiger partial charge in [-0.3, -0.25) is 0 Å². The van der Waals surface area contributed by atoms with Gasteiger partial charge in [0.05, 0.1) is 0 Å². The van der Waals surface area contributed by atoms with E-state index < -0.39 is 20.2 Å². The molecule has 0 saturated carbocycles. The van der Waals surface area contributed by atoms with Crippen LogP contribution < -0.4 is 10.5 Å². The van der Waals surface area contributed by atoms with Crippen LogP contribution in [0.4, 0.5) is 5.69 Å². The molecule has 6 aromatic rings. The topological polar surface area (TPSA) is 90.6 Å². The van der Waals surface area contributed by atoms with Gasteiger partial charge in [-0.15, -0.1) is 0 Å². The van der Waals surface area contributed by atoms with Crippen LogP contribution in [0.5, 0.6) is 0 Å². The van der Waals surface area contributed by atoms with Crippen molar-refractivity contribution in [3.8, 4) is 45.9 Å². The molecule has 0 bridgehead atoms. The molecule has 0 spiro atoms. The molecule has 3 heterocycles. The Morgan fingerprint density at radius 1 is 0.535 bits per heavy atom. The molecular formula is C36H21N6Sb. The summed E-state index contributed by atoms with van der Waals surface area (Å²) in [4.78, 5) is 17.8. The molecule has 200 valence electrons. The SMILES string of the molecule is [C-]#[N+]c1ccc(-c2ccccn2)[c]([Sb]([c]2cc(C#N)ccc2-c2ccccn2)[c]2cc(C#N)ccc2-c2ccccn2)c1. The quantitative estimate of drug-likeness (QED) is 0.170. The summed E-state index contributed by atoms with van der Waals surface area (Å²) in [5.41, 5.74) is 6.67. The number of nitriles is 2. The van der Waals surface area contributed by atoms with Crippen molar-refractivity contribution >= 4 is 36.4 Å². The van der Waals surface area contributed by atoms with Gasteiger partial charge in [-0.1, -0.05) is 0 Å². The summed E-state index contributed by atoms with van der Waals surface area (Å²) in [5, 5.41) is 20.1. The second-order valence-electron chi connectivity index (χ2n) is 9.48. The van der Waals surface area contributed by atoms with Gasteiger partial charge in [-0.05, 0) is 0 Å². The first-order valence-electron chi connectivity index (χ1n) is 13.3. The van der Waals surface area contributed by atoms with Gasteiger partial charge in [0, 0.05) is 0 Å². The molecule has 0 N–H and O–H groups in total. The molecule has 0 aliphatic rings. The third-order valence-corrected chi connectivity index (χ3v) is 14.2. The summed E-state index contributed by atoms with van der Waals surface area (Å²) in [6, 6.07) is 39.2. The molecule has 43 heavy (non-hydrogen) atoms. The van der Waals surface area contributed by atoms with E-state index in [1.807, 2.05) is 109 Å². The first-order chi connectivity index (χ1) is 21.2. The third-order valence-electron chi connectivity index (χ3n) is 6.91. The summed E-state index contributed by atoms with van der Waals surface area (Å²) >= 11 is -3.30. The molecule has 0 saturated heterocycles. The molecule has 0 aliphatic carbocycles. The van der Waals surface area contributed by atoms with Crippen molar-refractivity contribution in [2.24, 2.45) is 0 Å². The summed E-state index contributed by atoms with van der Waals surface area (Å²) in [5.74, 6) is 0. The van der Waals surface area contributed by atoms with Gasteiger partial charge in [-0.2, -0.15) is 0 Å². The van der Waals surface area contributed by atoms with Crippen LogP contribution in [0.1, 0.15) is 11.1 Å². The number of hydrogen-bond donors (Lipinski definition) is 0. The minimum absolute atomic E-state index is 0.510. The van der Waals surface area contributed by atoms with Gasteiger partial charge >= 0.3 is 258 Å². The minimum atomic E-state index is -3.30. The van der Waals surface area contributed by atoms with Gasteiger partial charge < -0.3 is 0 Å². The fraction of sp³-hybridized carbons (Fsp3) is 0. The first kappa shape index (κ1) is 27.6. The summed E-state index contributed by atoms with van der Waals surface area (Å²) in [6.45, 7) is 7.87. The van der Waals surface area contributed by atoms with Gasteiger partial charge in [0.15, 0.2) is 0 Å². The zero-order valence-corrected chi connectivity index (χ0v) is 25.3. The van der Waals surface area contributed by atoms with Crippen molar-refractivity contribution in [2.75, 3.05) is 0 Å². The van der Waals surface area contributed by atoms with Crippen LogP contribution >= 0.6 is 0 Å². The van der Waals surface area contributed by atoms with Crippen molar-refractivity contribution < 1.29 is 0 Å². The zero-order valence-electron chi connectivity index (χ0n) is 22.8. The average Bonchev–Trinajstić information content (AvgIpc) is 3.09. The molecule has 7 heteroatoms. The second kappa shape index (κ2) is 12.5. The number of hydrogen-bond acceptors (Lipinski definition) is 5. The molecule has 0 fully saturated rings. The predicted molar refractivity (Wildman–Crippen MR) is 169 cm³/mol.